The third-order valence-electron chi connectivity index (χ3n) is 1.77. The Labute approximate surface area is 66.4 Å². The van der Waals surface area contributed by atoms with Crippen LogP contribution in [0.5, 0.6) is 0 Å². The van der Waals surface area contributed by atoms with Gasteiger partial charge in [-0.15, -0.1) is 0 Å². The van der Waals surface area contributed by atoms with Crippen LogP contribution < -0.4 is 0 Å². The molecular weight excluding hydrogens is 144 g/mol. The van der Waals surface area contributed by atoms with Crippen molar-refractivity contribution < 1.29 is 14.7 Å². The van der Waals surface area contributed by atoms with Crippen LogP contribution in [-0.4, -0.2) is 12.8 Å². The average molecular weight is 156 g/mol. The summed E-state index contributed by atoms with van der Waals surface area (Å²) in [4.78, 5) is 18.3. The van der Waals surface area contributed by atoms with Crippen LogP contribution in [0, 0.1) is 5.92 Å². The zero-order valence-corrected chi connectivity index (χ0v) is 6.41. The molecule has 0 aliphatic heterocycles. The number of carbonyl (C=O) groups excluding carboxylic acids is 2. The van der Waals surface area contributed by atoms with Gasteiger partial charge in [0.2, 0.25) is 6.29 Å². The quantitative estimate of drug-likeness (QED) is 0.536. The first-order chi connectivity index (χ1) is 5.35. The molecule has 3 heteroatoms. The van der Waals surface area contributed by atoms with Gasteiger partial charge in [-0.2, -0.15) is 0 Å². The van der Waals surface area contributed by atoms with Gasteiger partial charge >= 0.3 is 6.47 Å². The molecule has 1 fully saturated rings. The van der Waals surface area contributed by atoms with Crippen molar-refractivity contribution >= 4 is 12.8 Å². The Balaban J connectivity index is 0.000000292. The van der Waals surface area contributed by atoms with E-state index in [2.05, 4.69) is 6.29 Å². The predicted molar refractivity (Wildman–Crippen MR) is 39.0 cm³/mol. The highest BCUT2D eigenvalue weighted by molar-refractivity contribution is 5.54. The maximum absolute atomic E-state index is 10.0. The minimum Gasteiger partial charge on any atom is -0.291 e. The Kier molecular flexibility index (Phi) is 6.68. The molecule has 0 amide bonds. The molecule has 0 aromatic carbocycles. The smallest absolute Gasteiger partial charge is 0.291 e. The van der Waals surface area contributed by atoms with Gasteiger partial charge < -0.3 is 0 Å². The Morgan fingerprint density at radius 1 is 1.18 bits per heavy atom. The van der Waals surface area contributed by atoms with Crippen LogP contribution in [0.25, 0.3) is 0 Å². The summed E-state index contributed by atoms with van der Waals surface area (Å²) in [5.41, 5.74) is 0. The molecule has 62 valence electrons. The van der Waals surface area contributed by atoms with Crippen LogP contribution in [0.1, 0.15) is 32.1 Å². The van der Waals surface area contributed by atoms with Crippen molar-refractivity contribution in [2.24, 2.45) is 5.92 Å². The van der Waals surface area contributed by atoms with Gasteiger partial charge in [-0.25, -0.2) is 0 Å². The van der Waals surface area contributed by atoms with Crippen LogP contribution in [0.3, 0.4) is 0 Å². The Hall–Kier alpha value is -0.860. The Morgan fingerprint density at radius 2 is 1.64 bits per heavy atom. The molecule has 0 heterocycles. The third-order valence-corrected chi connectivity index (χ3v) is 1.77. The molecule has 0 spiro atoms. The molecular formula is C8H12O3. The summed E-state index contributed by atoms with van der Waals surface area (Å²) in [6, 6.07) is 0. The van der Waals surface area contributed by atoms with Crippen molar-refractivity contribution in [1.29, 1.82) is 0 Å². The molecule has 11 heavy (non-hydrogen) atoms. The fourth-order valence-corrected chi connectivity index (χ4v) is 1.22. The summed E-state index contributed by atoms with van der Waals surface area (Å²) in [6.07, 6.45) is 8.02. The molecule has 1 saturated carbocycles. The number of carbonyl (C=O) groups is 1. The van der Waals surface area contributed by atoms with E-state index in [-0.39, 0.29) is 5.92 Å². The van der Waals surface area contributed by atoms with Gasteiger partial charge in [0.25, 0.3) is 0 Å². The van der Waals surface area contributed by atoms with Gasteiger partial charge in [0.15, 0.2) is 0 Å². The lowest BCUT2D eigenvalue weighted by Gasteiger charge is -2.13. The Morgan fingerprint density at radius 3 is 1.91 bits per heavy atom. The molecule has 2 radical (unpaired) electrons. The van der Waals surface area contributed by atoms with Crippen molar-refractivity contribution in [3.8, 4) is 0 Å². The first kappa shape index (κ1) is 10.1. The fourth-order valence-electron chi connectivity index (χ4n) is 1.22. The molecule has 0 aromatic heterocycles. The largest absolute Gasteiger partial charge is 0.344 e. The van der Waals surface area contributed by atoms with Gasteiger partial charge in [0.05, 0.1) is 0 Å². The van der Waals surface area contributed by atoms with Gasteiger partial charge in [0, 0.05) is 5.92 Å². The minimum atomic E-state index is -0.500. The van der Waals surface area contributed by atoms with E-state index in [1.165, 1.54) is 19.3 Å². The number of hydrogen-bond donors (Lipinski definition) is 0. The van der Waals surface area contributed by atoms with Crippen molar-refractivity contribution in [2.75, 3.05) is 0 Å². The highest BCUT2D eigenvalue weighted by atomic mass is 16.3. The van der Waals surface area contributed by atoms with Crippen LogP contribution in [0.2, 0.25) is 0 Å². The minimum absolute atomic E-state index is 0.281. The average Bonchev–Trinajstić information content (AvgIpc) is 2.08. The maximum atomic E-state index is 10.0. The molecule has 0 unspecified atom stereocenters. The molecule has 0 saturated heterocycles. The second kappa shape index (κ2) is 7.25. The standard InChI is InChI=1S/C7H11O.CHO2/c8-6-7-4-2-1-3-5-7;2-1-3/h7H,1-5H2;1H. The van der Waals surface area contributed by atoms with E-state index < -0.39 is 6.47 Å². The van der Waals surface area contributed by atoms with E-state index in [0.29, 0.717) is 0 Å². The van der Waals surface area contributed by atoms with Gasteiger partial charge in [0.1, 0.15) is 0 Å². The normalized spacial score (nSPS) is 17.8. The lowest BCUT2D eigenvalue weighted by atomic mass is 9.91. The Bertz CT molecular complexity index is 106. The van der Waals surface area contributed by atoms with E-state index in [1.54, 1.807) is 0 Å². The predicted octanol–water partition coefficient (Wildman–Crippen LogP) is 1.25. The third kappa shape index (κ3) is 5.58. The zero-order chi connectivity index (χ0) is 8.53. The lowest BCUT2D eigenvalue weighted by molar-refractivity contribution is -0.128. The molecule has 3 nitrogen and oxygen atoms in total. The molecule has 0 N–H and O–H groups in total. The summed E-state index contributed by atoms with van der Waals surface area (Å²) < 4.78 is 0. The van der Waals surface area contributed by atoms with E-state index in [4.69, 9.17) is 9.90 Å². The van der Waals surface area contributed by atoms with Crippen LogP contribution >= 0.6 is 0 Å². The molecule has 1 aliphatic rings. The number of rotatable bonds is 1. The monoisotopic (exact) mass is 156 g/mol. The first-order valence-corrected chi connectivity index (χ1v) is 3.78. The second-order valence-corrected chi connectivity index (χ2v) is 2.55. The summed E-state index contributed by atoms with van der Waals surface area (Å²) in [5, 5.41) is 8.25. The highest BCUT2D eigenvalue weighted by Crippen LogP contribution is 2.21. The summed E-state index contributed by atoms with van der Waals surface area (Å²) in [7, 11) is 0. The molecule has 0 bridgehead atoms. The van der Waals surface area contributed by atoms with Crippen molar-refractivity contribution in [1.82, 2.24) is 0 Å². The fraction of sp³-hybridized carbons (Fsp3) is 0.750. The van der Waals surface area contributed by atoms with Crippen LogP contribution in [0.4, 0.5) is 0 Å². The SMILES string of the molecule is O=[C]C1CCCCC1.[O]C=O. The molecule has 0 aromatic rings. The molecule has 1 aliphatic carbocycles. The summed E-state index contributed by atoms with van der Waals surface area (Å²) in [6.45, 7) is -0.500. The molecule has 1 rings (SSSR count). The maximum Gasteiger partial charge on any atom is 0.344 e. The van der Waals surface area contributed by atoms with Crippen LogP contribution in [0.15, 0.2) is 0 Å². The second-order valence-electron chi connectivity index (χ2n) is 2.55. The topological polar surface area (TPSA) is 54.0 Å². The summed E-state index contributed by atoms with van der Waals surface area (Å²) in [5.74, 6) is 0.281. The van der Waals surface area contributed by atoms with Gasteiger partial charge in [-0.3, -0.25) is 14.7 Å². The summed E-state index contributed by atoms with van der Waals surface area (Å²) >= 11 is 0. The van der Waals surface area contributed by atoms with Crippen molar-refractivity contribution in [3.05, 3.63) is 0 Å². The lowest BCUT2D eigenvalue weighted by Crippen LogP contribution is -2.06. The highest BCUT2D eigenvalue weighted by Gasteiger charge is 2.11. The van der Waals surface area contributed by atoms with Gasteiger partial charge in [-0.1, -0.05) is 19.3 Å². The van der Waals surface area contributed by atoms with E-state index in [1.807, 2.05) is 0 Å². The van der Waals surface area contributed by atoms with E-state index >= 15 is 0 Å². The van der Waals surface area contributed by atoms with Crippen molar-refractivity contribution in [2.45, 2.75) is 32.1 Å². The van der Waals surface area contributed by atoms with Crippen molar-refractivity contribution in [3.63, 3.8) is 0 Å². The number of hydrogen-bond acceptors (Lipinski definition) is 2. The van der Waals surface area contributed by atoms with E-state index in [0.717, 1.165) is 12.8 Å². The molecule has 0 atom stereocenters. The van der Waals surface area contributed by atoms with E-state index in [9.17, 15) is 4.79 Å². The van der Waals surface area contributed by atoms with Crippen LogP contribution in [-0.2, 0) is 14.7 Å². The first-order valence-electron chi connectivity index (χ1n) is 3.78. The van der Waals surface area contributed by atoms with Gasteiger partial charge in [-0.05, 0) is 12.8 Å². The zero-order valence-electron chi connectivity index (χ0n) is 6.41.